The molecule has 0 radical (unpaired) electrons. The van der Waals surface area contributed by atoms with Crippen LogP contribution < -0.4 is 16.6 Å². The molecule has 1 aromatic heterocycles. The Morgan fingerprint density at radius 2 is 2.20 bits per heavy atom. The number of hydrogen-bond acceptors (Lipinski definition) is 5. The van der Waals surface area contributed by atoms with Crippen LogP contribution in [0, 0.1) is 5.41 Å². The summed E-state index contributed by atoms with van der Waals surface area (Å²) in [4.78, 5) is 8.11. The summed E-state index contributed by atoms with van der Waals surface area (Å²) in [5.74, 6) is 6.44. The van der Waals surface area contributed by atoms with Crippen molar-refractivity contribution in [1.82, 2.24) is 9.97 Å². The Morgan fingerprint density at radius 3 is 2.80 bits per heavy atom. The highest BCUT2D eigenvalue weighted by molar-refractivity contribution is 5.38. The van der Waals surface area contributed by atoms with Gasteiger partial charge in [0, 0.05) is 12.7 Å². The fourth-order valence-corrected chi connectivity index (χ4v) is 0.982. The number of aromatic nitrogens is 2. The summed E-state index contributed by atoms with van der Waals surface area (Å²) in [7, 11) is 0. The molecule has 84 valence electrons. The standard InChI is InChI=1S/C10H19N5/c1-4-10(2,3)7-13-8-5-6-12-9(14-8)15-11/h5-6H,4,7,11H2,1-3H3,(H2,12,13,14,15). The Bertz CT molecular complexity index is 310. The predicted octanol–water partition coefficient (Wildman–Crippen LogP) is 1.61. The van der Waals surface area contributed by atoms with Gasteiger partial charge in [-0.15, -0.1) is 0 Å². The quantitative estimate of drug-likeness (QED) is 0.507. The van der Waals surface area contributed by atoms with E-state index in [4.69, 9.17) is 5.84 Å². The normalized spacial score (nSPS) is 11.2. The van der Waals surface area contributed by atoms with E-state index in [1.54, 1.807) is 6.20 Å². The molecule has 0 aromatic carbocycles. The Labute approximate surface area is 90.5 Å². The first-order valence-electron chi connectivity index (χ1n) is 5.11. The number of hydrazine groups is 1. The van der Waals surface area contributed by atoms with Crippen molar-refractivity contribution >= 4 is 11.8 Å². The van der Waals surface area contributed by atoms with Crippen molar-refractivity contribution in [1.29, 1.82) is 0 Å². The highest BCUT2D eigenvalue weighted by Gasteiger charge is 2.14. The number of nitrogens with one attached hydrogen (secondary N) is 2. The Morgan fingerprint density at radius 1 is 1.47 bits per heavy atom. The van der Waals surface area contributed by atoms with Crippen LogP contribution in [0.1, 0.15) is 27.2 Å². The summed E-state index contributed by atoms with van der Waals surface area (Å²) >= 11 is 0. The molecule has 0 amide bonds. The SMILES string of the molecule is CCC(C)(C)CNc1ccnc(NN)n1. The first-order valence-corrected chi connectivity index (χ1v) is 5.11. The number of nitrogens with zero attached hydrogens (tertiary/aromatic N) is 2. The van der Waals surface area contributed by atoms with Gasteiger partial charge in [-0.3, -0.25) is 5.43 Å². The van der Waals surface area contributed by atoms with E-state index in [9.17, 15) is 0 Å². The van der Waals surface area contributed by atoms with Crippen molar-refractivity contribution < 1.29 is 0 Å². The summed E-state index contributed by atoms with van der Waals surface area (Å²) in [6.07, 6.45) is 2.79. The molecular weight excluding hydrogens is 190 g/mol. The largest absolute Gasteiger partial charge is 0.369 e. The summed E-state index contributed by atoms with van der Waals surface area (Å²) in [6, 6.07) is 1.83. The van der Waals surface area contributed by atoms with Gasteiger partial charge in [0.25, 0.3) is 0 Å². The van der Waals surface area contributed by atoms with Crippen LogP contribution in [0.4, 0.5) is 11.8 Å². The molecule has 0 fully saturated rings. The average molecular weight is 209 g/mol. The van der Waals surface area contributed by atoms with Gasteiger partial charge in [-0.25, -0.2) is 10.8 Å². The molecule has 1 aromatic rings. The molecule has 15 heavy (non-hydrogen) atoms. The highest BCUT2D eigenvalue weighted by atomic mass is 15.3. The highest BCUT2D eigenvalue weighted by Crippen LogP contribution is 2.19. The molecule has 0 unspecified atom stereocenters. The number of anilines is 2. The van der Waals surface area contributed by atoms with E-state index >= 15 is 0 Å². The van der Waals surface area contributed by atoms with Crippen LogP contribution >= 0.6 is 0 Å². The number of hydrogen-bond donors (Lipinski definition) is 3. The molecule has 4 N–H and O–H groups in total. The smallest absolute Gasteiger partial charge is 0.239 e. The second-order valence-electron chi connectivity index (χ2n) is 4.28. The first-order chi connectivity index (χ1) is 7.07. The Balaban J connectivity index is 2.57. The number of rotatable bonds is 5. The van der Waals surface area contributed by atoms with Crippen LogP contribution in [0.2, 0.25) is 0 Å². The van der Waals surface area contributed by atoms with Gasteiger partial charge < -0.3 is 5.32 Å². The number of nitrogens with two attached hydrogens (primary N) is 1. The van der Waals surface area contributed by atoms with Crippen LogP contribution in [0.5, 0.6) is 0 Å². The molecule has 0 atom stereocenters. The topological polar surface area (TPSA) is 75.9 Å². The maximum absolute atomic E-state index is 5.22. The Kier molecular flexibility index (Phi) is 3.85. The maximum atomic E-state index is 5.22. The van der Waals surface area contributed by atoms with Crippen LogP contribution in [-0.4, -0.2) is 16.5 Å². The van der Waals surface area contributed by atoms with E-state index in [-0.39, 0.29) is 5.41 Å². The monoisotopic (exact) mass is 209 g/mol. The molecule has 0 saturated heterocycles. The summed E-state index contributed by atoms with van der Waals surface area (Å²) in [5.41, 5.74) is 2.68. The van der Waals surface area contributed by atoms with Crippen LogP contribution in [-0.2, 0) is 0 Å². The van der Waals surface area contributed by atoms with Gasteiger partial charge >= 0.3 is 0 Å². The zero-order valence-corrected chi connectivity index (χ0v) is 9.54. The predicted molar refractivity (Wildman–Crippen MR) is 62.4 cm³/mol. The van der Waals surface area contributed by atoms with Crippen molar-refractivity contribution in [2.45, 2.75) is 27.2 Å². The van der Waals surface area contributed by atoms with Crippen molar-refractivity contribution in [3.05, 3.63) is 12.3 Å². The van der Waals surface area contributed by atoms with Gasteiger partial charge in [0.1, 0.15) is 5.82 Å². The van der Waals surface area contributed by atoms with E-state index in [1.807, 2.05) is 6.07 Å². The van der Waals surface area contributed by atoms with Crippen LogP contribution in [0.25, 0.3) is 0 Å². The van der Waals surface area contributed by atoms with E-state index in [2.05, 4.69) is 41.5 Å². The van der Waals surface area contributed by atoms with E-state index in [0.29, 0.717) is 5.95 Å². The van der Waals surface area contributed by atoms with E-state index in [0.717, 1.165) is 18.8 Å². The molecule has 1 heterocycles. The molecule has 0 aliphatic rings. The zero-order valence-electron chi connectivity index (χ0n) is 9.54. The lowest BCUT2D eigenvalue weighted by Gasteiger charge is -2.23. The van der Waals surface area contributed by atoms with Gasteiger partial charge in [0.15, 0.2) is 0 Å². The zero-order chi connectivity index (χ0) is 11.3. The molecule has 0 bridgehead atoms. The third-order valence-corrected chi connectivity index (χ3v) is 2.49. The third-order valence-electron chi connectivity index (χ3n) is 2.49. The van der Waals surface area contributed by atoms with Crippen molar-refractivity contribution in [2.24, 2.45) is 11.3 Å². The van der Waals surface area contributed by atoms with E-state index in [1.165, 1.54) is 0 Å². The minimum Gasteiger partial charge on any atom is -0.369 e. The molecule has 1 rings (SSSR count). The summed E-state index contributed by atoms with van der Waals surface area (Å²) in [5, 5.41) is 3.26. The summed E-state index contributed by atoms with van der Waals surface area (Å²) < 4.78 is 0. The van der Waals surface area contributed by atoms with Crippen LogP contribution in [0.15, 0.2) is 12.3 Å². The average Bonchev–Trinajstić information content (AvgIpc) is 2.27. The number of nitrogen functional groups attached to an aromatic ring is 1. The molecular formula is C10H19N5. The molecule has 5 heteroatoms. The van der Waals surface area contributed by atoms with Gasteiger partial charge in [-0.1, -0.05) is 20.8 Å². The molecule has 5 nitrogen and oxygen atoms in total. The summed E-state index contributed by atoms with van der Waals surface area (Å²) in [6.45, 7) is 7.48. The van der Waals surface area contributed by atoms with Crippen molar-refractivity contribution in [2.75, 3.05) is 17.3 Å². The second-order valence-corrected chi connectivity index (χ2v) is 4.28. The van der Waals surface area contributed by atoms with Gasteiger partial charge in [0.2, 0.25) is 5.95 Å². The van der Waals surface area contributed by atoms with Crippen LogP contribution in [0.3, 0.4) is 0 Å². The third kappa shape index (κ3) is 3.71. The second kappa shape index (κ2) is 4.93. The van der Waals surface area contributed by atoms with Gasteiger partial charge in [-0.05, 0) is 17.9 Å². The lowest BCUT2D eigenvalue weighted by molar-refractivity contribution is 0.376. The fraction of sp³-hybridized carbons (Fsp3) is 0.600. The first kappa shape index (κ1) is 11.7. The molecule has 0 saturated carbocycles. The van der Waals surface area contributed by atoms with Crippen molar-refractivity contribution in [3.8, 4) is 0 Å². The molecule has 0 aliphatic heterocycles. The lowest BCUT2D eigenvalue weighted by atomic mass is 9.90. The molecule has 0 aliphatic carbocycles. The minimum absolute atomic E-state index is 0.265. The minimum atomic E-state index is 0.265. The fourth-order valence-electron chi connectivity index (χ4n) is 0.982. The lowest BCUT2D eigenvalue weighted by Crippen LogP contribution is -2.22. The van der Waals surface area contributed by atoms with Gasteiger partial charge in [-0.2, -0.15) is 4.98 Å². The van der Waals surface area contributed by atoms with E-state index < -0.39 is 0 Å². The Hall–Kier alpha value is -1.36. The van der Waals surface area contributed by atoms with Crippen molar-refractivity contribution in [3.63, 3.8) is 0 Å². The molecule has 0 spiro atoms. The van der Waals surface area contributed by atoms with Gasteiger partial charge in [0.05, 0.1) is 0 Å². The maximum Gasteiger partial charge on any atom is 0.239 e.